The molecule has 0 saturated heterocycles. The molecule has 0 unspecified atom stereocenters. The van der Waals surface area contributed by atoms with Gasteiger partial charge in [-0.2, -0.15) is 5.10 Å². The Morgan fingerprint density at radius 3 is 2.81 bits per heavy atom. The third kappa shape index (κ3) is 4.40. The number of carbonyl (C=O) groups is 1. The molecule has 0 spiro atoms. The van der Waals surface area contributed by atoms with Gasteiger partial charge in [0.1, 0.15) is 0 Å². The Kier molecular flexibility index (Phi) is 4.71. The Labute approximate surface area is 122 Å². The van der Waals surface area contributed by atoms with Crippen LogP contribution in [0.4, 0.5) is 0 Å². The number of aryl methyl sites for hydroxylation is 1. The number of benzene rings is 1. The summed E-state index contributed by atoms with van der Waals surface area (Å²) < 4.78 is 24.2. The minimum atomic E-state index is -3.81. The Hall–Kier alpha value is -2.19. The normalized spacial score (nSPS) is 11.3. The maximum absolute atomic E-state index is 11.9. The van der Waals surface area contributed by atoms with Crippen LogP contribution >= 0.6 is 0 Å². The monoisotopic (exact) mass is 308 g/mol. The minimum Gasteiger partial charge on any atom is -0.352 e. The summed E-state index contributed by atoms with van der Waals surface area (Å²) in [6.07, 6.45) is 4.26. The average molecular weight is 308 g/mol. The van der Waals surface area contributed by atoms with Crippen LogP contribution in [-0.2, 0) is 16.6 Å². The Morgan fingerprint density at radius 2 is 2.14 bits per heavy atom. The van der Waals surface area contributed by atoms with E-state index < -0.39 is 10.0 Å². The molecule has 112 valence electrons. The highest BCUT2D eigenvalue weighted by atomic mass is 32.2. The molecule has 0 radical (unpaired) electrons. The molecule has 2 aromatic rings. The number of amides is 1. The lowest BCUT2D eigenvalue weighted by Gasteiger charge is -2.06. The molecule has 0 aliphatic heterocycles. The molecule has 1 heterocycles. The number of aromatic nitrogens is 2. The highest BCUT2D eigenvalue weighted by Crippen LogP contribution is 2.09. The number of primary sulfonamides is 1. The van der Waals surface area contributed by atoms with Gasteiger partial charge in [-0.05, 0) is 30.7 Å². The molecule has 1 aromatic heterocycles. The Morgan fingerprint density at radius 1 is 1.33 bits per heavy atom. The van der Waals surface area contributed by atoms with Crippen LogP contribution in [0.1, 0.15) is 16.8 Å². The van der Waals surface area contributed by atoms with E-state index in [0.29, 0.717) is 13.1 Å². The molecule has 0 aliphatic carbocycles. The van der Waals surface area contributed by atoms with Crippen molar-refractivity contribution in [3.8, 4) is 0 Å². The first kappa shape index (κ1) is 15.2. The number of rotatable bonds is 6. The molecule has 0 atom stereocenters. The van der Waals surface area contributed by atoms with Gasteiger partial charge >= 0.3 is 0 Å². The maximum Gasteiger partial charge on any atom is 0.251 e. The second kappa shape index (κ2) is 6.51. The smallest absolute Gasteiger partial charge is 0.251 e. The summed E-state index contributed by atoms with van der Waals surface area (Å²) in [6, 6.07) is 7.47. The number of carbonyl (C=O) groups excluding carboxylic acids is 1. The van der Waals surface area contributed by atoms with Crippen molar-refractivity contribution in [3.63, 3.8) is 0 Å². The topological polar surface area (TPSA) is 107 Å². The van der Waals surface area contributed by atoms with Crippen molar-refractivity contribution >= 4 is 15.9 Å². The van der Waals surface area contributed by atoms with Crippen LogP contribution in [0.25, 0.3) is 0 Å². The van der Waals surface area contributed by atoms with E-state index in [9.17, 15) is 13.2 Å². The van der Waals surface area contributed by atoms with Gasteiger partial charge in [-0.3, -0.25) is 9.48 Å². The largest absolute Gasteiger partial charge is 0.352 e. The highest BCUT2D eigenvalue weighted by Gasteiger charge is 2.11. The van der Waals surface area contributed by atoms with E-state index in [2.05, 4.69) is 10.4 Å². The number of nitrogens with two attached hydrogens (primary N) is 1. The predicted molar refractivity (Wildman–Crippen MR) is 77.0 cm³/mol. The molecule has 1 aromatic carbocycles. The van der Waals surface area contributed by atoms with E-state index in [0.717, 1.165) is 6.42 Å². The summed E-state index contributed by atoms with van der Waals surface area (Å²) in [5.74, 6) is -0.332. The second-order valence-electron chi connectivity index (χ2n) is 4.45. The molecular weight excluding hydrogens is 292 g/mol. The van der Waals surface area contributed by atoms with Crippen molar-refractivity contribution in [1.82, 2.24) is 15.1 Å². The van der Waals surface area contributed by atoms with Crippen LogP contribution < -0.4 is 10.5 Å². The molecule has 7 nitrogen and oxygen atoms in total. The number of hydrogen-bond donors (Lipinski definition) is 2. The van der Waals surface area contributed by atoms with E-state index in [-0.39, 0.29) is 16.4 Å². The quantitative estimate of drug-likeness (QED) is 0.751. The van der Waals surface area contributed by atoms with Crippen molar-refractivity contribution in [1.29, 1.82) is 0 Å². The van der Waals surface area contributed by atoms with Crippen molar-refractivity contribution < 1.29 is 13.2 Å². The Bertz CT molecular complexity index is 711. The molecular formula is C13H16N4O3S. The molecule has 8 heteroatoms. The van der Waals surface area contributed by atoms with Crippen LogP contribution in [0, 0.1) is 0 Å². The van der Waals surface area contributed by atoms with E-state index in [4.69, 9.17) is 5.14 Å². The van der Waals surface area contributed by atoms with Gasteiger partial charge in [-0.1, -0.05) is 6.07 Å². The number of hydrogen-bond acceptors (Lipinski definition) is 4. The van der Waals surface area contributed by atoms with Gasteiger partial charge in [0.05, 0.1) is 4.90 Å². The summed E-state index contributed by atoms with van der Waals surface area (Å²) >= 11 is 0. The zero-order chi connectivity index (χ0) is 15.3. The molecule has 0 saturated carbocycles. The second-order valence-corrected chi connectivity index (χ2v) is 6.01. The average Bonchev–Trinajstić information content (AvgIpc) is 2.96. The van der Waals surface area contributed by atoms with Crippen LogP contribution in [-0.4, -0.2) is 30.7 Å². The van der Waals surface area contributed by atoms with Crippen molar-refractivity contribution in [2.45, 2.75) is 17.9 Å². The lowest BCUT2D eigenvalue weighted by atomic mass is 10.2. The molecule has 0 fully saturated rings. The number of nitrogens with zero attached hydrogens (tertiary/aromatic N) is 2. The first-order valence-corrected chi connectivity index (χ1v) is 7.90. The van der Waals surface area contributed by atoms with Gasteiger partial charge in [-0.25, -0.2) is 13.6 Å². The fraction of sp³-hybridized carbons (Fsp3) is 0.231. The summed E-state index contributed by atoms with van der Waals surface area (Å²) in [6.45, 7) is 1.17. The first-order valence-electron chi connectivity index (χ1n) is 6.35. The van der Waals surface area contributed by atoms with Crippen LogP contribution in [0.5, 0.6) is 0 Å². The predicted octanol–water partition coefficient (Wildman–Crippen LogP) is 0.351. The molecule has 21 heavy (non-hydrogen) atoms. The minimum absolute atomic E-state index is 0.0771. The molecule has 2 rings (SSSR count). The number of nitrogens with one attached hydrogen (secondary N) is 1. The van der Waals surface area contributed by atoms with E-state index in [1.807, 2.05) is 12.3 Å². The number of sulfonamides is 1. The highest BCUT2D eigenvalue weighted by molar-refractivity contribution is 7.89. The molecule has 1 amide bonds. The van der Waals surface area contributed by atoms with Crippen molar-refractivity contribution in [2.75, 3.05) is 6.54 Å². The van der Waals surface area contributed by atoms with E-state index in [1.54, 1.807) is 10.9 Å². The lowest BCUT2D eigenvalue weighted by Crippen LogP contribution is -2.25. The third-order valence-corrected chi connectivity index (χ3v) is 3.74. The maximum atomic E-state index is 11.9. The van der Waals surface area contributed by atoms with Gasteiger partial charge in [0, 0.05) is 31.0 Å². The summed E-state index contributed by atoms with van der Waals surface area (Å²) in [4.78, 5) is 11.8. The fourth-order valence-electron chi connectivity index (χ4n) is 1.79. The molecule has 3 N–H and O–H groups in total. The van der Waals surface area contributed by atoms with Crippen LogP contribution in [0.3, 0.4) is 0 Å². The van der Waals surface area contributed by atoms with Gasteiger partial charge in [0.25, 0.3) is 5.91 Å². The van der Waals surface area contributed by atoms with Crippen LogP contribution in [0.2, 0.25) is 0 Å². The van der Waals surface area contributed by atoms with Gasteiger partial charge in [0.15, 0.2) is 0 Å². The van der Waals surface area contributed by atoms with Gasteiger partial charge in [0.2, 0.25) is 10.0 Å². The van der Waals surface area contributed by atoms with Crippen molar-refractivity contribution in [3.05, 3.63) is 48.3 Å². The molecule has 0 aliphatic rings. The zero-order valence-electron chi connectivity index (χ0n) is 11.3. The SMILES string of the molecule is NS(=O)(=O)c1cccc(C(=O)NCCCn2cccn2)c1. The first-order chi connectivity index (χ1) is 9.97. The van der Waals surface area contributed by atoms with E-state index >= 15 is 0 Å². The van der Waals surface area contributed by atoms with E-state index in [1.165, 1.54) is 24.3 Å². The fourth-order valence-corrected chi connectivity index (χ4v) is 2.35. The Balaban J connectivity index is 1.88. The van der Waals surface area contributed by atoms with Gasteiger partial charge in [-0.15, -0.1) is 0 Å². The molecule has 0 bridgehead atoms. The van der Waals surface area contributed by atoms with Crippen molar-refractivity contribution in [2.24, 2.45) is 5.14 Å². The third-order valence-electron chi connectivity index (χ3n) is 2.83. The lowest BCUT2D eigenvalue weighted by molar-refractivity contribution is 0.0952. The standard InChI is InChI=1S/C13H16N4O3S/c14-21(19,20)12-5-1-4-11(10-12)13(18)15-6-2-8-17-9-3-7-16-17/h1,3-5,7,9-10H,2,6,8H2,(H,15,18)(H2,14,19,20). The van der Waals surface area contributed by atoms with Gasteiger partial charge < -0.3 is 5.32 Å². The zero-order valence-corrected chi connectivity index (χ0v) is 12.1. The van der Waals surface area contributed by atoms with Crippen LogP contribution in [0.15, 0.2) is 47.6 Å². The summed E-state index contributed by atoms with van der Waals surface area (Å²) in [5, 5.41) is 11.8. The summed E-state index contributed by atoms with van der Waals surface area (Å²) in [5.41, 5.74) is 0.264. The summed E-state index contributed by atoms with van der Waals surface area (Å²) in [7, 11) is -3.81.